The van der Waals surface area contributed by atoms with Crippen molar-refractivity contribution in [2.75, 3.05) is 11.1 Å². The number of fused-ring (bicyclic) bond motifs is 1. The maximum Gasteiger partial charge on any atom is 0.263 e. The van der Waals surface area contributed by atoms with Crippen molar-refractivity contribution in [2.45, 2.75) is 19.9 Å². The van der Waals surface area contributed by atoms with Crippen molar-refractivity contribution >= 4 is 17.2 Å². The van der Waals surface area contributed by atoms with E-state index in [4.69, 9.17) is 5.73 Å². The molecule has 0 aliphatic heterocycles. The minimum Gasteiger partial charge on any atom is -0.382 e. The molecule has 8 heteroatoms. The topological polar surface area (TPSA) is 109 Å². The Hall–Kier alpha value is -4.25. The van der Waals surface area contributed by atoms with Crippen LogP contribution in [0.1, 0.15) is 29.9 Å². The number of nitrogens with zero attached hydrogens (tertiary/aromatic N) is 4. The third-order valence-corrected chi connectivity index (χ3v) is 5.01. The third kappa shape index (κ3) is 3.69. The highest BCUT2D eigenvalue weighted by molar-refractivity contribution is 5.72. The predicted molar refractivity (Wildman–Crippen MR) is 117 cm³/mol. The quantitative estimate of drug-likeness (QED) is 0.525. The highest BCUT2D eigenvalue weighted by Gasteiger charge is 2.20. The van der Waals surface area contributed by atoms with Crippen LogP contribution in [0.15, 0.2) is 59.5 Å². The molecule has 1 aromatic carbocycles. The molecule has 0 spiro atoms. The van der Waals surface area contributed by atoms with Gasteiger partial charge in [0.1, 0.15) is 34.9 Å². The van der Waals surface area contributed by atoms with Crippen LogP contribution in [0.25, 0.3) is 16.6 Å². The van der Waals surface area contributed by atoms with E-state index in [2.05, 4.69) is 15.3 Å². The lowest BCUT2D eigenvalue weighted by atomic mass is 9.96. The van der Waals surface area contributed by atoms with Crippen molar-refractivity contribution in [2.24, 2.45) is 0 Å². The Balaban J connectivity index is 1.92. The van der Waals surface area contributed by atoms with E-state index < -0.39 is 11.9 Å². The van der Waals surface area contributed by atoms with Crippen LogP contribution in [-0.2, 0) is 0 Å². The van der Waals surface area contributed by atoms with Gasteiger partial charge >= 0.3 is 0 Å². The average molecular weight is 414 g/mol. The fraction of sp³-hybridized carbons (Fsp3) is 0.130. The number of hydrogen-bond acceptors (Lipinski definition) is 6. The van der Waals surface area contributed by atoms with E-state index in [-0.39, 0.29) is 16.9 Å². The second-order valence-corrected chi connectivity index (χ2v) is 7.15. The maximum atomic E-state index is 13.8. The summed E-state index contributed by atoms with van der Waals surface area (Å²) in [6.45, 7) is 3.54. The predicted octanol–water partition coefficient (Wildman–Crippen LogP) is 3.83. The number of nitrogen functional groups attached to an aromatic ring is 1. The highest BCUT2D eigenvalue weighted by atomic mass is 19.1. The van der Waals surface area contributed by atoms with Crippen LogP contribution in [0.4, 0.5) is 16.0 Å². The normalized spacial score (nSPS) is 11.8. The highest BCUT2D eigenvalue weighted by Crippen LogP contribution is 2.30. The fourth-order valence-corrected chi connectivity index (χ4v) is 3.58. The molecule has 1 atom stereocenters. The maximum absolute atomic E-state index is 13.8. The smallest absolute Gasteiger partial charge is 0.263 e. The summed E-state index contributed by atoms with van der Waals surface area (Å²) >= 11 is 0. The summed E-state index contributed by atoms with van der Waals surface area (Å²) in [4.78, 5) is 21.7. The van der Waals surface area contributed by atoms with Gasteiger partial charge < -0.3 is 11.1 Å². The summed E-state index contributed by atoms with van der Waals surface area (Å²) in [5, 5.41) is 12.7. The lowest BCUT2D eigenvalue weighted by Gasteiger charge is -2.20. The first-order valence-corrected chi connectivity index (χ1v) is 9.60. The minimum absolute atomic E-state index is 0.0852. The third-order valence-electron chi connectivity index (χ3n) is 5.01. The monoisotopic (exact) mass is 414 g/mol. The number of nitriles is 1. The lowest BCUT2D eigenvalue weighted by molar-refractivity contribution is 0.618. The number of nitrogens with one attached hydrogen (secondary N) is 1. The van der Waals surface area contributed by atoms with Gasteiger partial charge in [-0.25, -0.2) is 14.4 Å². The average Bonchev–Trinajstić information content (AvgIpc) is 2.74. The first kappa shape index (κ1) is 20.0. The Kier molecular flexibility index (Phi) is 5.09. The van der Waals surface area contributed by atoms with E-state index in [1.807, 2.05) is 49.4 Å². The molecule has 0 saturated heterocycles. The molecule has 0 fully saturated rings. The van der Waals surface area contributed by atoms with Gasteiger partial charge in [-0.05, 0) is 43.2 Å². The van der Waals surface area contributed by atoms with Crippen molar-refractivity contribution < 1.29 is 4.39 Å². The Morgan fingerprint density at radius 2 is 1.94 bits per heavy atom. The summed E-state index contributed by atoms with van der Waals surface area (Å²) in [5.41, 5.74) is 8.04. The van der Waals surface area contributed by atoms with Gasteiger partial charge in [0.05, 0.1) is 11.6 Å². The number of rotatable bonds is 4. The van der Waals surface area contributed by atoms with Crippen LogP contribution in [0.2, 0.25) is 0 Å². The summed E-state index contributed by atoms with van der Waals surface area (Å²) < 4.78 is 15.1. The van der Waals surface area contributed by atoms with Gasteiger partial charge in [-0.2, -0.15) is 5.26 Å². The number of anilines is 2. The lowest BCUT2D eigenvalue weighted by Crippen LogP contribution is -2.21. The van der Waals surface area contributed by atoms with Crippen LogP contribution >= 0.6 is 0 Å². The molecule has 154 valence electrons. The molecule has 0 unspecified atom stereocenters. The van der Waals surface area contributed by atoms with Gasteiger partial charge in [-0.3, -0.25) is 9.20 Å². The van der Waals surface area contributed by atoms with E-state index in [0.29, 0.717) is 33.8 Å². The summed E-state index contributed by atoms with van der Waals surface area (Å²) in [5.74, 6) is 0.294. The largest absolute Gasteiger partial charge is 0.382 e. The second kappa shape index (κ2) is 7.88. The Morgan fingerprint density at radius 3 is 2.65 bits per heavy atom. The molecule has 3 N–H and O–H groups in total. The zero-order valence-corrected chi connectivity index (χ0v) is 16.9. The number of aromatic nitrogens is 3. The standard InChI is InChI=1S/C23H19FN6O/c1-13(27-22-19(11-25)21(26)28-14(2)29-22)18-10-17-9-8-16(24)12-30(17)23(31)20(18)15-6-4-3-5-7-15/h3-10,12-13H,1-2H3,(H3,26,27,28,29)/t13-/m0/s1. The van der Waals surface area contributed by atoms with Gasteiger partial charge in [-0.1, -0.05) is 30.3 Å². The molecule has 31 heavy (non-hydrogen) atoms. The van der Waals surface area contributed by atoms with E-state index >= 15 is 0 Å². The van der Waals surface area contributed by atoms with Crippen molar-refractivity contribution in [3.8, 4) is 17.2 Å². The van der Waals surface area contributed by atoms with Crippen LogP contribution in [-0.4, -0.2) is 14.4 Å². The molecule has 3 aromatic heterocycles. The van der Waals surface area contributed by atoms with Gasteiger partial charge in [0.15, 0.2) is 0 Å². The molecule has 3 heterocycles. The zero-order valence-electron chi connectivity index (χ0n) is 16.9. The molecule has 4 aromatic rings. The number of aryl methyl sites for hydroxylation is 1. The van der Waals surface area contributed by atoms with E-state index in [1.165, 1.54) is 16.7 Å². The minimum atomic E-state index is -0.502. The summed E-state index contributed by atoms with van der Waals surface area (Å²) in [6, 6.07) is 15.5. The van der Waals surface area contributed by atoms with Crippen LogP contribution in [0, 0.1) is 24.1 Å². The molecule has 0 aliphatic rings. The SMILES string of the molecule is Cc1nc(N)c(C#N)c(N[C@@H](C)c2cc3ccc(F)cn3c(=O)c2-c2ccccc2)n1. The fourth-order valence-electron chi connectivity index (χ4n) is 3.58. The first-order valence-electron chi connectivity index (χ1n) is 9.60. The van der Waals surface area contributed by atoms with Crippen LogP contribution in [0.5, 0.6) is 0 Å². The molecule has 0 bridgehead atoms. The molecule has 0 radical (unpaired) electrons. The number of benzene rings is 1. The van der Waals surface area contributed by atoms with E-state index in [9.17, 15) is 14.4 Å². The zero-order chi connectivity index (χ0) is 22.1. The summed E-state index contributed by atoms with van der Waals surface area (Å²) in [7, 11) is 0. The molecule has 4 rings (SSSR count). The van der Waals surface area contributed by atoms with E-state index in [0.717, 1.165) is 0 Å². The van der Waals surface area contributed by atoms with Crippen molar-refractivity contribution in [1.82, 2.24) is 14.4 Å². The number of nitrogens with two attached hydrogens (primary N) is 1. The van der Waals surface area contributed by atoms with Gasteiger partial charge in [0, 0.05) is 11.7 Å². The van der Waals surface area contributed by atoms with Crippen molar-refractivity contribution in [3.63, 3.8) is 0 Å². The first-order chi connectivity index (χ1) is 14.9. The van der Waals surface area contributed by atoms with Crippen molar-refractivity contribution in [3.05, 3.63) is 87.9 Å². The molecule has 0 amide bonds. The number of pyridine rings is 2. The van der Waals surface area contributed by atoms with E-state index in [1.54, 1.807) is 13.0 Å². The second-order valence-electron chi connectivity index (χ2n) is 7.15. The number of hydrogen-bond donors (Lipinski definition) is 2. The molecule has 0 aliphatic carbocycles. The Morgan fingerprint density at radius 1 is 1.19 bits per heavy atom. The van der Waals surface area contributed by atoms with Crippen molar-refractivity contribution in [1.29, 1.82) is 5.26 Å². The molecule has 7 nitrogen and oxygen atoms in total. The van der Waals surface area contributed by atoms with Gasteiger partial charge in [0.2, 0.25) is 0 Å². The Labute approximate surface area is 177 Å². The van der Waals surface area contributed by atoms with Gasteiger partial charge in [-0.15, -0.1) is 0 Å². The molecular formula is C23H19FN6O. The Bertz CT molecular complexity index is 1390. The van der Waals surface area contributed by atoms with Gasteiger partial charge in [0.25, 0.3) is 5.56 Å². The molecular weight excluding hydrogens is 395 g/mol. The van der Waals surface area contributed by atoms with Crippen LogP contribution in [0.3, 0.4) is 0 Å². The molecule has 0 saturated carbocycles. The number of halogens is 1. The van der Waals surface area contributed by atoms with Crippen LogP contribution < -0.4 is 16.6 Å². The summed E-state index contributed by atoms with van der Waals surface area (Å²) in [6.07, 6.45) is 1.17.